The van der Waals surface area contributed by atoms with Gasteiger partial charge in [-0.05, 0) is 86.1 Å². The van der Waals surface area contributed by atoms with Crippen LogP contribution < -0.4 is 4.74 Å². The molecule has 204 valence electrons. The summed E-state index contributed by atoms with van der Waals surface area (Å²) < 4.78 is 14.8. The van der Waals surface area contributed by atoms with Crippen molar-refractivity contribution in [3.63, 3.8) is 0 Å². The third-order valence-corrected chi connectivity index (χ3v) is 8.53. The Kier molecular flexibility index (Phi) is 7.66. The zero-order valence-electron chi connectivity index (χ0n) is 23.0. The van der Waals surface area contributed by atoms with Gasteiger partial charge in [-0.1, -0.05) is 6.07 Å². The molecule has 0 radical (unpaired) electrons. The van der Waals surface area contributed by atoms with Crippen LogP contribution in [0.15, 0.2) is 34.1 Å². The lowest BCUT2D eigenvalue weighted by molar-refractivity contribution is -0.191. The third kappa shape index (κ3) is 5.26. The summed E-state index contributed by atoms with van der Waals surface area (Å²) >= 11 is 5.44. The molecule has 1 amide bonds. The second-order valence-corrected chi connectivity index (χ2v) is 12.9. The normalized spacial score (nSPS) is 16.3. The Morgan fingerprint density at radius 1 is 1.18 bits per heavy atom. The highest BCUT2D eigenvalue weighted by Crippen LogP contribution is 2.47. The van der Waals surface area contributed by atoms with Crippen LogP contribution in [-0.4, -0.2) is 52.5 Å². The summed E-state index contributed by atoms with van der Waals surface area (Å²) in [7, 11) is 1.70. The lowest BCUT2D eigenvalue weighted by atomic mass is 9.94. The molecular weight excluding hydrogens is 566 g/mol. The van der Waals surface area contributed by atoms with Crippen molar-refractivity contribution in [3.05, 3.63) is 50.9 Å². The van der Waals surface area contributed by atoms with E-state index in [9.17, 15) is 4.79 Å². The average Bonchev–Trinajstić information content (AvgIpc) is 3.48. The largest absolute Gasteiger partial charge is 0.496 e. The van der Waals surface area contributed by atoms with Gasteiger partial charge in [0.2, 0.25) is 0 Å². The summed E-state index contributed by atoms with van der Waals surface area (Å²) in [5.41, 5.74) is 6.44. The van der Waals surface area contributed by atoms with Crippen LogP contribution in [0.5, 0.6) is 5.75 Å². The molecule has 0 N–H and O–H groups in total. The molecule has 0 spiro atoms. The fraction of sp³-hybridized carbons (Fsp3) is 0.483. The van der Waals surface area contributed by atoms with E-state index in [1.165, 1.54) is 27.3 Å². The molecule has 2 aliphatic rings. The lowest BCUT2D eigenvalue weighted by Gasteiger charge is -2.30. The van der Waals surface area contributed by atoms with Crippen molar-refractivity contribution in [2.75, 3.05) is 20.2 Å². The van der Waals surface area contributed by atoms with Gasteiger partial charge in [0.05, 0.1) is 29.5 Å². The number of ether oxygens (including phenoxy) is 2. The summed E-state index contributed by atoms with van der Waals surface area (Å²) in [4.78, 5) is 22.9. The smallest absolute Gasteiger partial charge is 0.410 e. The van der Waals surface area contributed by atoms with Crippen molar-refractivity contribution >= 4 is 33.4 Å². The number of carbonyl (C=O) groups is 1. The summed E-state index contributed by atoms with van der Waals surface area (Å²) in [6.45, 7) is 12.8. The van der Waals surface area contributed by atoms with Crippen molar-refractivity contribution in [1.29, 1.82) is 0 Å². The average molecular weight is 603 g/mol. The van der Waals surface area contributed by atoms with Gasteiger partial charge in [0, 0.05) is 47.2 Å². The maximum absolute atomic E-state index is 13.5. The Morgan fingerprint density at radius 3 is 2.63 bits per heavy atom. The molecule has 2 aliphatic heterocycles. The van der Waals surface area contributed by atoms with Gasteiger partial charge in [-0.25, -0.2) is 4.79 Å². The minimum atomic E-state index is -0.576. The van der Waals surface area contributed by atoms with Gasteiger partial charge in [-0.15, -0.1) is 11.3 Å². The van der Waals surface area contributed by atoms with Crippen molar-refractivity contribution in [2.45, 2.75) is 72.4 Å². The van der Waals surface area contributed by atoms with Gasteiger partial charge in [0.25, 0.3) is 0 Å². The van der Waals surface area contributed by atoms with Crippen molar-refractivity contribution in [1.82, 2.24) is 14.5 Å². The summed E-state index contributed by atoms with van der Waals surface area (Å²) in [6.07, 6.45) is 0.587. The number of thiophene rings is 1. The molecule has 4 heterocycles. The lowest BCUT2D eigenvalue weighted by Crippen LogP contribution is -2.42. The van der Waals surface area contributed by atoms with Crippen LogP contribution in [0.3, 0.4) is 0 Å². The molecule has 38 heavy (non-hydrogen) atoms. The first-order valence-electron chi connectivity index (χ1n) is 13.1. The zero-order valence-corrected chi connectivity index (χ0v) is 25.4. The molecule has 5 rings (SSSR count). The van der Waals surface area contributed by atoms with Gasteiger partial charge in [-0.2, -0.15) is 5.06 Å². The number of aryl methyl sites for hydroxylation is 1. The van der Waals surface area contributed by atoms with Gasteiger partial charge in [0.15, 0.2) is 0 Å². The molecule has 1 aromatic carbocycles. The first-order chi connectivity index (χ1) is 18.1. The Balaban J connectivity index is 1.72. The molecule has 9 heteroatoms. The number of aromatic nitrogens is 1. The monoisotopic (exact) mass is 601 g/mol. The first kappa shape index (κ1) is 27.2. The summed E-state index contributed by atoms with van der Waals surface area (Å²) in [5.74, 6) is 0.836. The van der Waals surface area contributed by atoms with Crippen LogP contribution in [-0.2, 0) is 35.7 Å². The van der Waals surface area contributed by atoms with Gasteiger partial charge < -0.3 is 18.9 Å². The fourth-order valence-corrected chi connectivity index (χ4v) is 6.57. The molecule has 7 nitrogen and oxygen atoms in total. The molecule has 3 aromatic rings. The Labute approximate surface area is 237 Å². The van der Waals surface area contributed by atoms with Crippen molar-refractivity contribution in [3.8, 4) is 27.4 Å². The second-order valence-electron chi connectivity index (χ2n) is 11.1. The van der Waals surface area contributed by atoms with Crippen LogP contribution in [0.1, 0.15) is 51.4 Å². The SMILES string of the molecule is COc1cc2c(cc1Br)-c1c(-c3cccs3)c3c(n1CC2)CON(C(C)C)CCN(C(=O)OC(C)(C)C)C3. The van der Waals surface area contributed by atoms with Crippen LogP contribution in [0.4, 0.5) is 4.79 Å². The van der Waals surface area contributed by atoms with Crippen LogP contribution in [0.25, 0.3) is 21.7 Å². The molecule has 0 saturated heterocycles. The summed E-state index contributed by atoms with van der Waals surface area (Å²) in [6, 6.07) is 8.74. The van der Waals surface area contributed by atoms with Crippen LogP contribution >= 0.6 is 27.3 Å². The first-order valence-corrected chi connectivity index (χ1v) is 14.8. The Morgan fingerprint density at radius 2 is 1.97 bits per heavy atom. The predicted molar refractivity (Wildman–Crippen MR) is 154 cm³/mol. The topological polar surface area (TPSA) is 56.2 Å². The number of carbonyl (C=O) groups excluding carboxylic acids is 1. The molecule has 0 saturated carbocycles. The van der Waals surface area contributed by atoms with Crippen LogP contribution in [0, 0.1) is 0 Å². The van der Waals surface area contributed by atoms with E-state index in [0.717, 1.165) is 34.4 Å². The van der Waals surface area contributed by atoms with Gasteiger partial charge >= 0.3 is 6.09 Å². The minimum absolute atomic E-state index is 0.175. The molecule has 0 atom stereocenters. The number of amides is 1. The highest BCUT2D eigenvalue weighted by atomic mass is 79.9. The number of rotatable bonds is 3. The van der Waals surface area contributed by atoms with E-state index < -0.39 is 5.60 Å². The van der Waals surface area contributed by atoms with Crippen molar-refractivity contribution < 1.29 is 19.1 Å². The number of hydrogen-bond acceptors (Lipinski definition) is 6. The van der Waals surface area contributed by atoms with E-state index in [0.29, 0.717) is 26.2 Å². The maximum Gasteiger partial charge on any atom is 0.410 e. The number of hydroxylamine groups is 2. The Hall–Kier alpha value is -2.33. The molecular formula is C29H36BrN3O4S. The van der Waals surface area contributed by atoms with E-state index in [4.69, 9.17) is 14.3 Å². The van der Waals surface area contributed by atoms with Crippen LogP contribution in [0.2, 0.25) is 0 Å². The number of halogens is 1. The zero-order chi connectivity index (χ0) is 27.2. The fourth-order valence-electron chi connectivity index (χ4n) is 5.27. The number of methoxy groups -OCH3 is 1. The highest BCUT2D eigenvalue weighted by molar-refractivity contribution is 9.10. The standard InChI is InChI=1S/C29H36BrN3O4S/c1-18(2)33-12-11-31(28(34)37-29(3,4)5)16-21-23(17-36-33)32-10-9-19-14-24(35-6)22(30)15-20(19)27(32)26(21)25-8-7-13-38-25/h7-8,13-15,18H,9-12,16-17H2,1-6H3. The molecule has 0 aliphatic carbocycles. The predicted octanol–water partition coefficient (Wildman–Crippen LogP) is 7.10. The van der Waals surface area contributed by atoms with E-state index in [-0.39, 0.29) is 12.1 Å². The number of fused-ring (bicyclic) bond motifs is 5. The second kappa shape index (κ2) is 10.7. The van der Waals surface area contributed by atoms with E-state index in [1.807, 2.05) is 30.7 Å². The van der Waals surface area contributed by atoms with E-state index in [2.05, 4.69) is 64.0 Å². The number of nitrogens with zero attached hydrogens (tertiary/aromatic N) is 3. The van der Waals surface area contributed by atoms with E-state index >= 15 is 0 Å². The Bertz CT molecular complexity index is 1330. The highest BCUT2D eigenvalue weighted by Gasteiger charge is 2.34. The van der Waals surface area contributed by atoms with Gasteiger partial charge in [0.1, 0.15) is 18.0 Å². The van der Waals surface area contributed by atoms with Gasteiger partial charge in [-0.3, -0.25) is 4.84 Å². The minimum Gasteiger partial charge on any atom is -0.496 e. The number of hydrogen-bond donors (Lipinski definition) is 0. The molecule has 0 bridgehead atoms. The quantitative estimate of drug-likeness (QED) is 0.320. The maximum atomic E-state index is 13.5. The third-order valence-electron chi connectivity index (χ3n) is 7.02. The molecule has 2 aromatic heterocycles. The van der Waals surface area contributed by atoms with E-state index in [1.54, 1.807) is 18.4 Å². The number of benzene rings is 1. The van der Waals surface area contributed by atoms with Crippen molar-refractivity contribution in [2.24, 2.45) is 0 Å². The molecule has 0 unspecified atom stereocenters. The molecule has 0 fully saturated rings. The summed E-state index contributed by atoms with van der Waals surface area (Å²) in [5, 5.41) is 4.09.